The summed E-state index contributed by atoms with van der Waals surface area (Å²) >= 11 is 6.11. The summed E-state index contributed by atoms with van der Waals surface area (Å²) in [7, 11) is 0. The summed E-state index contributed by atoms with van der Waals surface area (Å²) in [6, 6.07) is 11.2. The lowest BCUT2D eigenvalue weighted by atomic mass is 10.1. The van der Waals surface area contributed by atoms with Crippen molar-refractivity contribution in [3.63, 3.8) is 0 Å². The molecule has 0 bridgehead atoms. The molecule has 0 radical (unpaired) electrons. The Balaban J connectivity index is 1.77. The monoisotopic (exact) mass is 292 g/mol. The molecule has 0 aliphatic carbocycles. The molecule has 0 saturated heterocycles. The number of hydrogen-bond acceptors (Lipinski definition) is 3. The van der Waals surface area contributed by atoms with Crippen LogP contribution in [0.4, 0.5) is 0 Å². The number of carbonyl (C=O) groups is 1. The summed E-state index contributed by atoms with van der Waals surface area (Å²) in [4.78, 5) is 11.7. The molecule has 0 spiro atoms. The Morgan fingerprint density at radius 1 is 1.30 bits per heavy atom. The summed E-state index contributed by atoms with van der Waals surface area (Å²) in [5.74, 6) is 0.651. The highest BCUT2D eigenvalue weighted by Crippen LogP contribution is 2.21. The molecule has 1 heterocycles. The minimum absolute atomic E-state index is 0.0121. The van der Waals surface area contributed by atoms with Gasteiger partial charge in [-0.3, -0.25) is 4.79 Å². The first kappa shape index (κ1) is 14.6. The average Bonchev–Trinajstić information content (AvgIpc) is 2.96. The molecule has 20 heavy (non-hydrogen) atoms. The van der Waals surface area contributed by atoms with E-state index >= 15 is 0 Å². The lowest BCUT2D eigenvalue weighted by molar-refractivity contribution is -0.120. The summed E-state index contributed by atoms with van der Waals surface area (Å²) < 4.78 is 5.14. The van der Waals surface area contributed by atoms with Crippen molar-refractivity contribution < 1.29 is 9.21 Å². The number of halogens is 1. The van der Waals surface area contributed by atoms with Gasteiger partial charge in [0.25, 0.3) is 0 Å². The van der Waals surface area contributed by atoms with Gasteiger partial charge in [0, 0.05) is 11.1 Å². The molecule has 1 amide bonds. The van der Waals surface area contributed by atoms with Crippen LogP contribution in [0.25, 0.3) is 0 Å². The highest BCUT2D eigenvalue weighted by atomic mass is 35.5. The maximum atomic E-state index is 11.7. The van der Waals surface area contributed by atoms with Gasteiger partial charge in [-0.2, -0.15) is 0 Å². The van der Waals surface area contributed by atoms with Crippen molar-refractivity contribution in [2.75, 3.05) is 6.54 Å². The molecule has 2 N–H and O–H groups in total. The molecule has 1 aromatic carbocycles. The van der Waals surface area contributed by atoms with E-state index in [-0.39, 0.29) is 18.5 Å². The zero-order valence-electron chi connectivity index (χ0n) is 11.2. The van der Waals surface area contributed by atoms with Crippen LogP contribution >= 0.6 is 11.6 Å². The molecule has 0 aliphatic rings. The Morgan fingerprint density at radius 2 is 2.10 bits per heavy atom. The predicted molar refractivity (Wildman–Crippen MR) is 78.4 cm³/mol. The topological polar surface area (TPSA) is 54.3 Å². The third-order valence-corrected chi connectivity index (χ3v) is 3.32. The minimum atomic E-state index is -0.0831. The molecule has 4 nitrogen and oxygen atoms in total. The van der Waals surface area contributed by atoms with E-state index in [0.29, 0.717) is 11.6 Å². The molecule has 0 fully saturated rings. The molecule has 0 aliphatic heterocycles. The van der Waals surface area contributed by atoms with Crippen LogP contribution in [-0.2, 0) is 11.3 Å². The fourth-order valence-electron chi connectivity index (χ4n) is 1.84. The maximum absolute atomic E-state index is 11.7. The van der Waals surface area contributed by atoms with Gasteiger partial charge in [0.05, 0.1) is 19.4 Å². The van der Waals surface area contributed by atoms with Crippen LogP contribution < -0.4 is 10.6 Å². The Kier molecular flexibility index (Phi) is 5.21. The van der Waals surface area contributed by atoms with Gasteiger partial charge < -0.3 is 15.1 Å². The fourth-order valence-corrected chi connectivity index (χ4v) is 2.14. The van der Waals surface area contributed by atoms with E-state index in [1.807, 2.05) is 37.3 Å². The molecule has 2 aromatic rings. The molecule has 106 valence electrons. The second kappa shape index (κ2) is 7.12. The first-order valence-electron chi connectivity index (χ1n) is 6.43. The normalized spacial score (nSPS) is 12.1. The molecule has 1 aromatic heterocycles. The van der Waals surface area contributed by atoms with Gasteiger partial charge in [0.1, 0.15) is 5.76 Å². The first-order valence-corrected chi connectivity index (χ1v) is 6.81. The fraction of sp³-hybridized carbons (Fsp3) is 0.267. The molecular weight excluding hydrogens is 276 g/mol. The number of furan rings is 1. The number of benzene rings is 1. The molecule has 0 unspecified atom stereocenters. The van der Waals surface area contributed by atoms with Crippen molar-refractivity contribution in [3.05, 3.63) is 59.0 Å². The number of amides is 1. The van der Waals surface area contributed by atoms with Gasteiger partial charge in [-0.05, 0) is 30.7 Å². The van der Waals surface area contributed by atoms with E-state index in [1.54, 1.807) is 12.3 Å². The Labute approximate surface area is 123 Å². The van der Waals surface area contributed by atoms with Gasteiger partial charge in [0.15, 0.2) is 0 Å². The SMILES string of the molecule is C[C@H](NCC(=O)NCc1ccco1)c1ccccc1Cl. The summed E-state index contributed by atoms with van der Waals surface area (Å²) in [5, 5.41) is 6.62. The third-order valence-electron chi connectivity index (χ3n) is 2.98. The largest absolute Gasteiger partial charge is 0.467 e. The third kappa shape index (κ3) is 4.11. The van der Waals surface area contributed by atoms with Crippen LogP contribution in [0, 0.1) is 0 Å². The Morgan fingerprint density at radius 3 is 2.80 bits per heavy atom. The number of rotatable bonds is 6. The van der Waals surface area contributed by atoms with Crippen LogP contribution in [0.5, 0.6) is 0 Å². The Hall–Kier alpha value is -1.78. The van der Waals surface area contributed by atoms with Crippen LogP contribution in [0.1, 0.15) is 24.3 Å². The van der Waals surface area contributed by atoms with E-state index in [2.05, 4.69) is 10.6 Å². The average molecular weight is 293 g/mol. The molecule has 1 atom stereocenters. The molecule has 0 saturated carbocycles. The van der Waals surface area contributed by atoms with Crippen molar-refractivity contribution in [2.24, 2.45) is 0 Å². The molecular formula is C15H17ClN2O2. The second-order valence-electron chi connectivity index (χ2n) is 4.48. The van der Waals surface area contributed by atoms with Crippen molar-refractivity contribution in [1.82, 2.24) is 10.6 Å². The van der Waals surface area contributed by atoms with Crippen molar-refractivity contribution >= 4 is 17.5 Å². The van der Waals surface area contributed by atoms with Gasteiger partial charge >= 0.3 is 0 Å². The Bertz CT molecular complexity index is 555. The van der Waals surface area contributed by atoms with Crippen LogP contribution in [0.15, 0.2) is 47.1 Å². The van der Waals surface area contributed by atoms with Crippen molar-refractivity contribution in [1.29, 1.82) is 0 Å². The lowest BCUT2D eigenvalue weighted by Gasteiger charge is -2.15. The second-order valence-corrected chi connectivity index (χ2v) is 4.89. The van der Waals surface area contributed by atoms with Gasteiger partial charge in [-0.15, -0.1) is 0 Å². The molecule has 5 heteroatoms. The zero-order chi connectivity index (χ0) is 14.4. The highest BCUT2D eigenvalue weighted by molar-refractivity contribution is 6.31. The summed E-state index contributed by atoms with van der Waals surface area (Å²) in [5.41, 5.74) is 0.980. The van der Waals surface area contributed by atoms with Gasteiger partial charge in [0.2, 0.25) is 5.91 Å². The standard InChI is InChI=1S/C15H17ClN2O2/c1-11(13-6-2-3-7-14(13)16)17-10-15(19)18-9-12-5-4-8-20-12/h2-8,11,17H,9-10H2,1H3,(H,18,19)/t11-/m0/s1. The highest BCUT2D eigenvalue weighted by Gasteiger charge is 2.10. The molecule has 2 rings (SSSR count). The lowest BCUT2D eigenvalue weighted by Crippen LogP contribution is -2.34. The summed E-state index contributed by atoms with van der Waals surface area (Å²) in [6.07, 6.45) is 1.58. The van der Waals surface area contributed by atoms with Crippen molar-refractivity contribution in [3.8, 4) is 0 Å². The number of carbonyl (C=O) groups excluding carboxylic acids is 1. The van der Waals surface area contributed by atoms with E-state index in [4.69, 9.17) is 16.0 Å². The van der Waals surface area contributed by atoms with Crippen LogP contribution in [-0.4, -0.2) is 12.5 Å². The van der Waals surface area contributed by atoms with E-state index in [0.717, 1.165) is 11.3 Å². The summed E-state index contributed by atoms with van der Waals surface area (Å²) in [6.45, 7) is 2.60. The van der Waals surface area contributed by atoms with Crippen LogP contribution in [0.3, 0.4) is 0 Å². The van der Waals surface area contributed by atoms with E-state index in [9.17, 15) is 4.79 Å². The number of hydrogen-bond donors (Lipinski definition) is 2. The smallest absolute Gasteiger partial charge is 0.234 e. The first-order chi connectivity index (χ1) is 9.66. The zero-order valence-corrected chi connectivity index (χ0v) is 12.0. The van der Waals surface area contributed by atoms with E-state index in [1.165, 1.54) is 0 Å². The van der Waals surface area contributed by atoms with Gasteiger partial charge in [-0.25, -0.2) is 0 Å². The maximum Gasteiger partial charge on any atom is 0.234 e. The van der Waals surface area contributed by atoms with Gasteiger partial charge in [-0.1, -0.05) is 29.8 Å². The minimum Gasteiger partial charge on any atom is -0.467 e. The van der Waals surface area contributed by atoms with Crippen LogP contribution in [0.2, 0.25) is 5.02 Å². The number of nitrogens with one attached hydrogen (secondary N) is 2. The van der Waals surface area contributed by atoms with E-state index < -0.39 is 0 Å². The predicted octanol–water partition coefficient (Wildman–Crippen LogP) is 2.90. The van der Waals surface area contributed by atoms with Crippen molar-refractivity contribution in [2.45, 2.75) is 19.5 Å². The quantitative estimate of drug-likeness (QED) is 0.861.